The van der Waals surface area contributed by atoms with Crippen LogP contribution in [-0.2, 0) is 5.60 Å². The molecule has 4 heteroatoms. The van der Waals surface area contributed by atoms with Crippen LogP contribution in [0.1, 0.15) is 16.7 Å². The molecule has 0 heterocycles. The fourth-order valence-electron chi connectivity index (χ4n) is 3.35. The third-order valence-electron chi connectivity index (χ3n) is 5.07. The fraction of sp³-hybridized carbons (Fsp3) is 0.250. The Hall–Kier alpha value is -2.98. The summed E-state index contributed by atoms with van der Waals surface area (Å²) in [5.41, 5.74) is 3.21. The Kier molecular flexibility index (Phi) is 5.61. The van der Waals surface area contributed by atoms with Gasteiger partial charge in [0.1, 0.15) is 11.4 Å². The monoisotopic (exact) mass is 376 g/mol. The minimum atomic E-state index is -1.29. The maximum atomic E-state index is 12.1. The Morgan fingerprint density at radius 1 is 0.679 bits per heavy atom. The predicted octanol–water partition coefficient (Wildman–Crippen LogP) is 4.11. The molecule has 0 radical (unpaired) electrons. The summed E-state index contributed by atoms with van der Waals surface area (Å²) in [6.45, 7) is 0. The van der Waals surface area contributed by atoms with Gasteiger partial charge in [0.05, 0.1) is 7.11 Å². The Labute approximate surface area is 167 Å². The maximum Gasteiger partial charge on any atom is 0.140 e. The smallest absolute Gasteiger partial charge is 0.140 e. The van der Waals surface area contributed by atoms with Crippen LogP contribution in [0.25, 0.3) is 0 Å². The average Bonchev–Trinajstić information content (AvgIpc) is 2.73. The number of methoxy groups -OCH3 is 1. The number of aliphatic hydroxyl groups is 1. The molecule has 28 heavy (non-hydrogen) atoms. The molecular weight excluding hydrogens is 348 g/mol. The summed E-state index contributed by atoms with van der Waals surface area (Å²) in [7, 11) is 9.63. The highest BCUT2D eigenvalue weighted by Crippen LogP contribution is 2.39. The van der Waals surface area contributed by atoms with Crippen molar-refractivity contribution in [2.24, 2.45) is 0 Å². The summed E-state index contributed by atoms with van der Waals surface area (Å²) in [5.74, 6) is 0.759. The second-order valence-electron chi connectivity index (χ2n) is 7.33. The van der Waals surface area contributed by atoms with E-state index < -0.39 is 5.60 Å². The van der Waals surface area contributed by atoms with Gasteiger partial charge in [-0.25, -0.2) is 0 Å². The van der Waals surface area contributed by atoms with Crippen molar-refractivity contribution in [2.75, 3.05) is 45.1 Å². The lowest BCUT2D eigenvalue weighted by atomic mass is 9.80. The molecule has 146 valence electrons. The minimum absolute atomic E-state index is 0.759. The molecule has 0 aliphatic heterocycles. The Balaban J connectivity index is 2.24. The molecule has 3 aromatic carbocycles. The Morgan fingerprint density at radius 2 is 1.14 bits per heavy atom. The van der Waals surface area contributed by atoms with Crippen LogP contribution in [0.5, 0.6) is 5.75 Å². The van der Waals surface area contributed by atoms with Crippen molar-refractivity contribution < 1.29 is 9.84 Å². The summed E-state index contributed by atoms with van der Waals surface area (Å²) in [6.07, 6.45) is 0. The first-order valence-corrected chi connectivity index (χ1v) is 9.29. The van der Waals surface area contributed by atoms with E-state index in [1.54, 1.807) is 7.11 Å². The maximum absolute atomic E-state index is 12.1. The Morgan fingerprint density at radius 3 is 1.54 bits per heavy atom. The van der Waals surface area contributed by atoms with Gasteiger partial charge >= 0.3 is 0 Å². The second kappa shape index (κ2) is 7.95. The summed E-state index contributed by atoms with van der Waals surface area (Å²) in [6, 6.07) is 23.6. The Bertz CT molecular complexity index is 882. The highest BCUT2D eigenvalue weighted by atomic mass is 16.5. The first-order valence-electron chi connectivity index (χ1n) is 9.29. The molecule has 0 amide bonds. The molecule has 0 saturated heterocycles. The molecule has 0 unspecified atom stereocenters. The van der Waals surface area contributed by atoms with Crippen LogP contribution in [0.4, 0.5) is 11.4 Å². The van der Waals surface area contributed by atoms with Crippen molar-refractivity contribution in [1.82, 2.24) is 0 Å². The number of rotatable bonds is 6. The molecule has 1 N–H and O–H groups in total. The lowest BCUT2D eigenvalue weighted by Gasteiger charge is -2.32. The third kappa shape index (κ3) is 3.69. The lowest BCUT2D eigenvalue weighted by Crippen LogP contribution is -2.29. The van der Waals surface area contributed by atoms with E-state index in [2.05, 4.69) is 0 Å². The van der Waals surface area contributed by atoms with E-state index in [9.17, 15) is 5.11 Å². The number of hydrogen-bond donors (Lipinski definition) is 1. The molecule has 0 spiro atoms. The van der Waals surface area contributed by atoms with Crippen molar-refractivity contribution in [2.45, 2.75) is 5.60 Å². The highest BCUT2D eigenvalue weighted by molar-refractivity contribution is 5.58. The quantitative estimate of drug-likeness (QED) is 0.657. The number of benzene rings is 3. The lowest BCUT2D eigenvalue weighted by molar-refractivity contribution is 0.125. The van der Waals surface area contributed by atoms with Gasteiger partial charge in [-0.3, -0.25) is 0 Å². The number of ether oxygens (including phenoxy) is 1. The zero-order valence-corrected chi connectivity index (χ0v) is 17.2. The molecule has 3 aromatic rings. The van der Waals surface area contributed by atoms with Crippen molar-refractivity contribution in [3.05, 3.63) is 89.5 Å². The number of hydrogen-bond acceptors (Lipinski definition) is 4. The molecular formula is C24H28N2O2. The van der Waals surface area contributed by atoms with Crippen molar-refractivity contribution >= 4 is 11.4 Å². The van der Waals surface area contributed by atoms with Gasteiger partial charge in [-0.15, -0.1) is 0 Å². The number of anilines is 2. The topological polar surface area (TPSA) is 35.9 Å². The van der Waals surface area contributed by atoms with Crippen LogP contribution in [0.3, 0.4) is 0 Å². The summed E-state index contributed by atoms with van der Waals surface area (Å²) in [4.78, 5) is 4.07. The second-order valence-corrected chi connectivity index (χ2v) is 7.33. The highest BCUT2D eigenvalue weighted by Gasteiger charge is 2.34. The molecule has 0 aliphatic rings. The molecule has 0 saturated carbocycles. The van der Waals surface area contributed by atoms with Crippen LogP contribution in [0.2, 0.25) is 0 Å². The van der Waals surface area contributed by atoms with Gasteiger partial charge in [-0.2, -0.15) is 0 Å². The molecule has 0 bridgehead atoms. The first kappa shape index (κ1) is 19.8. The largest absolute Gasteiger partial charge is 0.497 e. The van der Waals surface area contributed by atoms with Crippen LogP contribution < -0.4 is 14.5 Å². The van der Waals surface area contributed by atoms with E-state index in [1.807, 2.05) is 111 Å². The molecule has 0 aliphatic carbocycles. The number of nitrogens with zero attached hydrogens (tertiary/aromatic N) is 2. The van der Waals surface area contributed by atoms with E-state index in [1.165, 1.54) is 0 Å². The van der Waals surface area contributed by atoms with Gasteiger partial charge in [0.15, 0.2) is 0 Å². The zero-order chi connectivity index (χ0) is 20.3. The van der Waals surface area contributed by atoms with Gasteiger partial charge < -0.3 is 19.6 Å². The standard InChI is InChI=1S/C24H28N2O2/c1-25(2)21-10-6-8-19(16-21)24(27,18-12-14-23(28-5)15-13-18)20-9-7-11-22(17-20)26(3)4/h6-17,27H,1-5H3. The summed E-state index contributed by atoms with van der Waals surface area (Å²) in [5, 5.41) is 12.1. The first-order chi connectivity index (χ1) is 13.4. The molecule has 4 nitrogen and oxygen atoms in total. The van der Waals surface area contributed by atoms with Crippen LogP contribution >= 0.6 is 0 Å². The normalized spacial score (nSPS) is 11.2. The third-order valence-corrected chi connectivity index (χ3v) is 5.07. The van der Waals surface area contributed by atoms with E-state index in [0.717, 1.165) is 33.8 Å². The van der Waals surface area contributed by atoms with Gasteiger partial charge in [0.25, 0.3) is 0 Å². The van der Waals surface area contributed by atoms with Crippen LogP contribution in [-0.4, -0.2) is 40.4 Å². The van der Waals surface area contributed by atoms with E-state index in [4.69, 9.17) is 4.74 Å². The SMILES string of the molecule is COc1ccc(C(O)(c2cccc(N(C)C)c2)c2cccc(N(C)C)c2)cc1. The predicted molar refractivity (Wildman–Crippen MR) is 117 cm³/mol. The molecule has 3 rings (SSSR count). The zero-order valence-electron chi connectivity index (χ0n) is 17.2. The summed E-state index contributed by atoms with van der Waals surface area (Å²) < 4.78 is 5.30. The summed E-state index contributed by atoms with van der Waals surface area (Å²) >= 11 is 0. The van der Waals surface area contributed by atoms with Gasteiger partial charge in [0.2, 0.25) is 0 Å². The molecule has 0 fully saturated rings. The van der Waals surface area contributed by atoms with Crippen LogP contribution in [0, 0.1) is 0 Å². The minimum Gasteiger partial charge on any atom is -0.497 e. The average molecular weight is 377 g/mol. The van der Waals surface area contributed by atoms with Crippen LogP contribution in [0.15, 0.2) is 72.8 Å². The van der Waals surface area contributed by atoms with Gasteiger partial charge in [-0.05, 0) is 53.1 Å². The fourth-order valence-corrected chi connectivity index (χ4v) is 3.35. The van der Waals surface area contributed by atoms with Crippen molar-refractivity contribution in [3.8, 4) is 5.75 Å². The van der Waals surface area contributed by atoms with Gasteiger partial charge in [0, 0.05) is 39.6 Å². The molecule has 0 aromatic heterocycles. The van der Waals surface area contributed by atoms with E-state index in [0.29, 0.717) is 0 Å². The van der Waals surface area contributed by atoms with E-state index >= 15 is 0 Å². The molecule has 0 atom stereocenters. The van der Waals surface area contributed by atoms with Gasteiger partial charge in [-0.1, -0.05) is 36.4 Å². The van der Waals surface area contributed by atoms with E-state index in [-0.39, 0.29) is 0 Å². The van der Waals surface area contributed by atoms with Crippen molar-refractivity contribution in [3.63, 3.8) is 0 Å². The van der Waals surface area contributed by atoms with Crippen molar-refractivity contribution in [1.29, 1.82) is 0 Å².